The van der Waals surface area contributed by atoms with Crippen molar-refractivity contribution in [1.82, 2.24) is 5.32 Å². The minimum absolute atomic E-state index is 0.0754. The molecule has 0 bridgehead atoms. The van der Waals surface area contributed by atoms with E-state index in [0.717, 1.165) is 11.3 Å². The molecule has 0 heterocycles. The van der Waals surface area contributed by atoms with E-state index in [2.05, 4.69) is 16.0 Å². The molecule has 0 unspecified atom stereocenters. The van der Waals surface area contributed by atoms with Gasteiger partial charge >= 0.3 is 0 Å². The first-order valence-corrected chi connectivity index (χ1v) is 10.3. The highest BCUT2D eigenvalue weighted by atomic mass is 16.5. The second-order valence-electron chi connectivity index (χ2n) is 7.02. The molecule has 0 aliphatic rings. The first-order chi connectivity index (χ1) is 15.6. The Balaban J connectivity index is 1.49. The maximum Gasteiger partial charge on any atom is 0.251 e. The van der Waals surface area contributed by atoms with E-state index in [1.54, 1.807) is 31.4 Å². The van der Waals surface area contributed by atoms with Gasteiger partial charge < -0.3 is 25.4 Å². The highest BCUT2D eigenvalue weighted by molar-refractivity contribution is 5.98. The second kappa shape index (κ2) is 12.1. The standard InChI is InChI=1S/C25H27N3O4/c1-31-13-14-32-23-12-6-10-21(16-23)26-18-24(29)28-22-11-5-9-20(15-22)25(30)27-17-19-7-3-2-4-8-19/h2-12,15-16,26H,13-14,17-18H2,1H3,(H,27,30)(H,28,29). The number of rotatable bonds is 11. The Morgan fingerprint density at radius 2 is 1.62 bits per heavy atom. The van der Waals surface area contributed by atoms with E-state index in [9.17, 15) is 9.59 Å². The molecule has 32 heavy (non-hydrogen) atoms. The van der Waals surface area contributed by atoms with Crippen molar-refractivity contribution >= 4 is 23.2 Å². The van der Waals surface area contributed by atoms with Crippen molar-refractivity contribution in [3.05, 3.63) is 90.0 Å². The zero-order valence-electron chi connectivity index (χ0n) is 18.0. The fourth-order valence-electron chi connectivity index (χ4n) is 2.94. The van der Waals surface area contributed by atoms with Crippen LogP contribution < -0.4 is 20.7 Å². The van der Waals surface area contributed by atoms with Crippen LogP contribution in [0.2, 0.25) is 0 Å². The van der Waals surface area contributed by atoms with Crippen molar-refractivity contribution in [3.63, 3.8) is 0 Å². The summed E-state index contributed by atoms with van der Waals surface area (Å²) in [4.78, 5) is 24.8. The SMILES string of the molecule is COCCOc1cccc(NCC(=O)Nc2cccc(C(=O)NCc3ccccc3)c2)c1. The Morgan fingerprint density at radius 3 is 2.44 bits per heavy atom. The van der Waals surface area contributed by atoms with Crippen molar-refractivity contribution in [2.45, 2.75) is 6.54 Å². The molecule has 0 atom stereocenters. The molecule has 0 radical (unpaired) electrons. The van der Waals surface area contributed by atoms with Gasteiger partial charge in [-0.05, 0) is 35.9 Å². The van der Waals surface area contributed by atoms with Gasteiger partial charge in [0.25, 0.3) is 5.91 Å². The predicted molar refractivity (Wildman–Crippen MR) is 125 cm³/mol. The van der Waals surface area contributed by atoms with E-state index in [1.807, 2.05) is 54.6 Å². The molecule has 3 N–H and O–H groups in total. The third kappa shape index (κ3) is 7.45. The molecule has 0 aliphatic heterocycles. The van der Waals surface area contributed by atoms with Crippen LogP contribution >= 0.6 is 0 Å². The smallest absolute Gasteiger partial charge is 0.251 e. The maximum atomic E-state index is 12.4. The van der Waals surface area contributed by atoms with Gasteiger partial charge in [0.1, 0.15) is 12.4 Å². The van der Waals surface area contributed by atoms with E-state index < -0.39 is 0 Å². The van der Waals surface area contributed by atoms with E-state index >= 15 is 0 Å². The van der Waals surface area contributed by atoms with E-state index in [0.29, 0.717) is 36.8 Å². The van der Waals surface area contributed by atoms with Gasteiger partial charge in [0, 0.05) is 36.7 Å². The number of carbonyl (C=O) groups excluding carboxylic acids is 2. The topological polar surface area (TPSA) is 88.7 Å². The highest BCUT2D eigenvalue weighted by Crippen LogP contribution is 2.17. The Hall–Kier alpha value is -3.84. The lowest BCUT2D eigenvalue weighted by Crippen LogP contribution is -2.24. The van der Waals surface area contributed by atoms with Gasteiger partial charge in [-0.25, -0.2) is 0 Å². The quantitative estimate of drug-likeness (QED) is 0.402. The van der Waals surface area contributed by atoms with Crippen LogP contribution in [0.15, 0.2) is 78.9 Å². The van der Waals surface area contributed by atoms with Gasteiger partial charge in [-0.15, -0.1) is 0 Å². The van der Waals surface area contributed by atoms with Gasteiger partial charge in [-0.3, -0.25) is 9.59 Å². The Kier molecular flexibility index (Phi) is 8.65. The molecular formula is C25H27N3O4. The summed E-state index contributed by atoms with van der Waals surface area (Å²) in [6, 6.07) is 23.9. The summed E-state index contributed by atoms with van der Waals surface area (Å²) in [5, 5.41) is 8.76. The average molecular weight is 434 g/mol. The minimum Gasteiger partial charge on any atom is -0.491 e. The summed E-state index contributed by atoms with van der Waals surface area (Å²) in [5.41, 5.74) is 2.82. The summed E-state index contributed by atoms with van der Waals surface area (Å²) in [7, 11) is 1.62. The van der Waals surface area contributed by atoms with E-state index in [4.69, 9.17) is 9.47 Å². The van der Waals surface area contributed by atoms with Crippen molar-refractivity contribution in [2.75, 3.05) is 37.5 Å². The zero-order valence-corrected chi connectivity index (χ0v) is 18.0. The van der Waals surface area contributed by atoms with Crippen LogP contribution in [0.4, 0.5) is 11.4 Å². The van der Waals surface area contributed by atoms with Crippen molar-refractivity contribution in [1.29, 1.82) is 0 Å². The molecule has 3 aromatic carbocycles. The molecule has 7 heteroatoms. The van der Waals surface area contributed by atoms with Gasteiger partial charge in [-0.1, -0.05) is 42.5 Å². The van der Waals surface area contributed by atoms with E-state index in [1.165, 1.54) is 0 Å². The van der Waals surface area contributed by atoms with Crippen LogP contribution in [0.3, 0.4) is 0 Å². The van der Waals surface area contributed by atoms with Gasteiger partial charge in [0.15, 0.2) is 0 Å². The monoisotopic (exact) mass is 433 g/mol. The van der Waals surface area contributed by atoms with Crippen LogP contribution in [0, 0.1) is 0 Å². The minimum atomic E-state index is -0.224. The number of benzene rings is 3. The zero-order chi connectivity index (χ0) is 22.6. The molecule has 7 nitrogen and oxygen atoms in total. The Labute approximate surface area is 187 Å². The van der Waals surface area contributed by atoms with Crippen LogP contribution in [-0.4, -0.2) is 38.7 Å². The molecule has 0 fully saturated rings. The summed E-state index contributed by atoms with van der Waals surface area (Å²) in [6.45, 7) is 1.47. The highest BCUT2D eigenvalue weighted by Gasteiger charge is 2.08. The molecule has 3 rings (SSSR count). The molecule has 2 amide bonds. The molecule has 0 spiro atoms. The number of hydrogen-bond donors (Lipinski definition) is 3. The fourth-order valence-corrected chi connectivity index (χ4v) is 2.94. The average Bonchev–Trinajstić information content (AvgIpc) is 2.82. The fraction of sp³-hybridized carbons (Fsp3) is 0.200. The first kappa shape index (κ1) is 22.8. The maximum absolute atomic E-state index is 12.4. The van der Waals surface area contributed by atoms with Crippen LogP contribution in [-0.2, 0) is 16.1 Å². The van der Waals surface area contributed by atoms with Crippen LogP contribution in [0.5, 0.6) is 5.75 Å². The van der Waals surface area contributed by atoms with Gasteiger partial charge in [-0.2, -0.15) is 0 Å². The number of ether oxygens (including phenoxy) is 2. The van der Waals surface area contributed by atoms with Crippen LogP contribution in [0.25, 0.3) is 0 Å². The predicted octanol–water partition coefficient (Wildman–Crippen LogP) is 3.69. The van der Waals surface area contributed by atoms with Gasteiger partial charge in [0.05, 0.1) is 13.2 Å². The first-order valence-electron chi connectivity index (χ1n) is 10.3. The third-order valence-electron chi connectivity index (χ3n) is 4.55. The van der Waals surface area contributed by atoms with Crippen molar-refractivity contribution in [2.24, 2.45) is 0 Å². The Bertz CT molecular complexity index is 1020. The molecule has 166 valence electrons. The number of carbonyl (C=O) groups is 2. The summed E-state index contributed by atoms with van der Waals surface area (Å²) in [6.07, 6.45) is 0. The van der Waals surface area contributed by atoms with Crippen molar-refractivity contribution in [3.8, 4) is 5.75 Å². The van der Waals surface area contributed by atoms with E-state index in [-0.39, 0.29) is 18.4 Å². The third-order valence-corrected chi connectivity index (χ3v) is 4.55. The molecular weight excluding hydrogens is 406 g/mol. The molecule has 0 aliphatic carbocycles. The summed E-state index contributed by atoms with van der Waals surface area (Å²) in [5.74, 6) is 0.271. The van der Waals surface area contributed by atoms with Crippen molar-refractivity contribution < 1.29 is 19.1 Å². The lowest BCUT2D eigenvalue weighted by molar-refractivity contribution is -0.114. The Morgan fingerprint density at radius 1 is 0.844 bits per heavy atom. The normalized spacial score (nSPS) is 10.3. The molecule has 3 aromatic rings. The summed E-state index contributed by atoms with van der Waals surface area (Å²) < 4.78 is 10.5. The molecule has 0 aromatic heterocycles. The van der Waals surface area contributed by atoms with Crippen LogP contribution in [0.1, 0.15) is 15.9 Å². The summed E-state index contributed by atoms with van der Waals surface area (Å²) >= 11 is 0. The number of anilines is 2. The number of hydrogen-bond acceptors (Lipinski definition) is 5. The molecule has 0 saturated carbocycles. The molecule has 0 saturated heterocycles. The lowest BCUT2D eigenvalue weighted by Gasteiger charge is -2.11. The number of nitrogens with one attached hydrogen (secondary N) is 3. The second-order valence-corrected chi connectivity index (χ2v) is 7.02. The van der Waals surface area contributed by atoms with Gasteiger partial charge in [0.2, 0.25) is 5.91 Å². The number of amides is 2. The lowest BCUT2D eigenvalue weighted by atomic mass is 10.1. The largest absolute Gasteiger partial charge is 0.491 e. The number of methoxy groups -OCH3 is 1.